The van der Waals surface area contributed by atoms with Crippen molar-refractivity contribution in [2.75, 3.05) is 0 Å². The van der Waals surface area contributed by atoms with E-state index in [1.165, 1.54) is 16.9 Å². The van der Waals surface area contributed by atoms with Crippen LogP contribution in [0.3, 0.4) is 0 Å². The summed E-state index contributed by atoms with van der Waals surface area (Å²) in [6.07, 6.45) is 2.30. The Balaban J connectivity index is 1.94. The summed E-state index contributed by atoms with van der Waals surface area (Å²) in [5.41, 5.74) is 8.49. The van der Waals surface area contributed by atoms with Crippen LogP contribution in [0.1, 0.15) is 34.7 Å². The molecule has 1 unspecified atom stereocenters. The van der Waals surface area contributed by atoms with Gasteiger partial charge in [-0.1, -0.05) is 29.3 Å². The summed E-state index contributed by atoms with van der Waals surface area (Å²) in [7, 11) is 0. The van der Waals surface area contributed by atoms with E-state index in [-0.39, 0.29) is 12.1 Å². The van der Waals surface area contributed by atoms with Crippen molar-refractivity contribution in [3.8, 4) is 5.75 Å². The van der Waals surface area contributed by atoms with Crippen LogP contribution in [0.5, 0.6) is 5.75 Å². The molecule has 2 N–H and O–H groups in total. The molecule has 2 aromatic rings. The van der Waals surface area contributed by atoms with Crippen LogP contribution in [-0.4, -0.2) is 4.98 Å². The van der Waals surface area contributed by atoms with Gasteiger partial charge < -0.3 is 10.5 Å². The first kappa shape index (κ1) is 12.0. The fourth-order valence-electron chi connectivity index (χ4n) is 2.19. The van der Waals surface area contributed by atoms with E-state index in [0.717, 1.165) is 22.7 Å². The third-order valence-electron chi connectivity index (χ3n) is 3.07. The van der Waals surface area contributed by atoms with Crippen molar-refractivity contribution in [1.82, 2.24) is 4.98 Å². The Bertz CT molecular complexity index is 584. The normalized spacial score (nSPS) is 22.4. The second kappa shape index (κ2) is 4.53. The second-order valence-electron chi connectivity index (χ2n) is 4.49. The molecule has 18 heavy (non-hydrogen) atoms. The molecular weight excluding hydrogens is 268 g/mol. The number of rotatable bonds is 1. The number of benzene rings is 1. The first-order valence-electron chi connectivity index (χ1n) is 5.77. The molecule has 0 bridgehead atoms. The summed E-state index contributed by atoms with van der Waals surface area (Å²) in [5.74, 6) is 0.857. The average molecular weight is 281 g/mol. The van der Waals surface area contributed by atoms with Crippen LogP contribution < -0.4 is 10.5 Å². The van der Waals surface area contributed by atoms with Crippen LogP contribution in [0.15, 0.2) is 24.4 Å². The Kier molecular flexibility index (Phi) is 3.01. The third-order valence-corrected chi connectivity index (χ3v) is 4.28. The van der Waals surface area contributed by atoms with Crippen LogP contribution in [0.25, 0.3) is 0 Å². The van der Waals surface area contributed by atoms with E-state index in [2.05, 4.69) is 18.0 Å². The lowest BCUT2D eigenvalue weighted by molar-refractivity contribution is 0.161. The summed E-state index contributed by atoms with van der Waals surface area (Å²) in [6.45, 7) is 2.06. The predicted molar refractivity (Wildman–Crippen MR) is 73.2 cm³/mol. The topological polar surface area (TPSA) is 48.1 Å². The van der Waals surface area contributed by atoms with E-state index in [9.17, 15) is 0 Å². The highest BCUT2D eigenvalue weighted by atomic mass is 35.5. The molecule has 3 rings (SSSR count). The molecule has 0 amide bonds. The van der Waals surface area contributed by atoms with Gasteiger partial charge in [0.15, 0.2) is 6.10 Å². The minimum atomic E-state index is -0.0901. The molecule has 5 heteroatoms. The maximum atomic E-state index is 6.21. The molecule has 1 aliphatic rings. The van der Waals surface area contributed by atoms with Gasteiger partial charge in [0.05, 0.1) is 6.20 Å². The van der Waals surface area contributed by atoms with Crippen molar-refractivity contribution in [1.29, 1.82) is 0 Å². The van der Waals surface area contributed by atoms with E-state index in [1.807, 2.05) is 12.1 Å². The quantitative estimate of drug-likeness (QED) is 0.868. The van der Waals surface area contributed by atoms with Gasteiger partial charge in [0.25, 0.3) is 0 Å². The Morgan fingerprint density at radius 3 is 3.06 bits per heavy atom. The molecule has 0 saturated heterocycles. The summed E-state index contributed by atoms with van der Waals surface area (Å²) >= 11 is 7.35. The minimum absolute atomic E-state index is 0.0127. The molecule has 0 saturated carbocycles. The van der Waals surface area contributed by atoms with Gasteiger partial charge in [-0.05, 0) is 13.0 Å². The van der Waals surface area contributed by atoms with Crippen LogP contribution in [-0.2, 0) is 0 Å². The number of nitrogens with two attached hydrogens (primary N) is 1. The zero-order valence-electron chi connectivity index (χ0n) is 9.89. The first-order chi connectivity index (χ1) is 8.63. The Morgan fingerprint density at radius 2 is 2.33 bits per heavy atom. The maximum Gasteiger partial charge on any atom is 0.152 e. The summed E-state index contributed by atoms with van der Waals surface area (Å²) in [5, 5.41) is 0.890. The lowest BCUT2D eigenvalue weighted by atomic mass is 9.96. The molecule has 94 valence electrons. The molecule has 0 spiro atoms. The van der Waals surface area contributed by atoms with Crippen molar-refractivity contribution in [2.24, 2.45) is 5.73 Å². The molecular formula is C13H13ClN2OS. The van der Waals surface area contributed by atoms with E-state index >= 15 is 0 Å². The zero-order valence-corrected chi connectivity index (χ0v) is 11.5. The number of halogens is 1. The number of hydrogen-bond acceptors (Lipinski definition) is 4. The highest BCUT2D eigenvalue weighted by Gasteiger charge is 2.28. The van der Waals surface area contributed by atoms with Gasteiger partial charge in [-0.2, -0.15) is 0 Å². The number of fused-ring (bicyclic) bond motifs is 1. The van der Waals surface area contributed by atoms with Gasteiger partial charge in [-0.3, -0.25) is 0 Å². The van der Waals surface area contributed by atoms with Gasteiger partial charge in [0.1, 0.15) is 15.1 Å². The van der Waals surface area contributed by atoms with Crippen LogP contribution in [0.2, 0.25) is 4.34 Å². The second-order valence-corrected chi connectivity index (χ2v) is 6.19. The fraction of sp³-hybridized carbons (Fsp3) is 0.308. The van der Waals surface area contributed by atoms with Crippen LogP contribution in [0, 0.1) is 6.92 Å². The fourth-order valence-corrected chi connectivity index (χ4v) is 3.16. The average Bonchev–Trinajstić information content (AvgIpc) is 2.77. The van der Waals surface area contributed by atoms with Crippen molar-refractivity contribution in [2.45, 2.75) is 25.5 Å². The Labute approximate surface area is 115 Å². The number of thiazole rings is 1. The molecule has 2 heterocycles. The number of nitrogens with zero attached hydrogens (tertiary/aromatic N) is 1. The molecule has 2 atom stereocenters. The standard InChI is InChI=1S/C13H13ClN2OS/c1-7-2-3-10-8(4-7)9(15)5-11(17-10)13-16-6-12(14)18-13/h2-4,6,9,11H,5,15H2,1H3/t9-,11?/m0/s1. The minimum Gasteiger partial charge on any atom is -0.483 e. The molecule has 0 radical (unpaired) electrons. The van der Waals surface area contributed by atoms with Gasteiger partial charge >= 0.3 is 0 Å². The zero-order chi connectivity index (χ0) is 12.7. The highest BCUT2D eigenvalue weighted by Crippen LogP contribution is 2.41. The number of aromatic nitrogens is 1. The molecule has 1 aromatic carbocycles. The molecule has 0 aliphatic carbocycles. The maximum absolute atomic E-state index is 6.21. The molecule has 0 fully saturated rings. The van der Waals surface area contributed by atoms with Crippen LogP contribution in [0.4, 0.5) is 0 Å². The van der Waals surface area contributed by atoms with Crippen molar-refractivity contribution in [3.05, 3.63) is 44.9 Å². The van der Waals surface area contributed by atoms with Crippen molar-refractivity contribution < 1.29 is 4.74 Å². The predicted octanol–water partition coefficient (Wildman–Crippen LogP) is 3.63. The Hall–Kier alpha value is -1.10. The summed E-state index contributed by atoms with van der Waals surface area (Å²) < 4.78 is 6.64. The number of ether oxygens (including phenoxy) is 1. The lowest BCUT2D eigenvalue weighted by Gasteiger charge is -2.29. The largest absolute Gasteiger partial charge is 0.483 e. The highest BCUT2D eigenvalue weighted by molar-refractivity contribution is 7.15. The van der Waals surface area contributed by atoms with Gasteiger partial charge in [-0.25, -0.2) is 4.98 Å². The van der Waals surface area contributed by atoms with Gasteiger partial charge in [-0.15, -0.1) is 11.3 Å². The van der Waals surface area contributed by atoms with E-state index in [4.69, 9.17) is 22.1 Å². The van der Waals surface area contributed by atoms with E-state index in [0.29, 0.717) is 4.34 Å². The van der Waals surface area contributed by atoms with Crippen LogP contribution >= 0.6 is 22.9 Å². The number of aryl methyl sites for hydroxylation is 1. The molecule has 3 nitrogen and oxygen atoms in total. The van der Waals surface area contributed by atoms with Crippen molar-refractivity contribution >= 4 is 22.9 Å². The molecule has 1 aromatic heterocycles. The number of hydrogen-bond donors (Lipinski definition) is 1. The van der Waals surface area contributed by atoms with Crippen molar-refractivity contribution in [3.63, 3.8) is 0 Å². The third kappa shape index (κ3) is 2.11. The van der Waals surface area contributed by atoms with E-state index < -0.39 is 0 Å². The summed E-state index contributed by atoms with van der Waals surface area (Å²) in [4.78, 5) is 4.27. The summed E-state index contributed by atoms with van der Waals surface area (Å²) in [6, 6.07) is 6.08. The smallest absolute Gasteiger partial charge is 0.152 e. The Morgan fingerprint density at radius 1 is 1.50 bits per heavy atom. The van der Waals surface area contributed by atoms with E-state index in [1.54, 1.807) is 6.20 Å². The first-order valence-corrected chi connectivity index (χ1v) is 6.97. The lowest BCUT2D eigenvalue weighted by Crippen LogP contribution is -2.24. The SMILES string of the molecule is Cc1ccc2c(c1)[C@@H](N)CC(c1ncc(Cl)s1)O2. The van der Waals surface area contributed by atoms with Gasteiger partial charge in [0, 0.05) is 18.0 Å². The monoisotopic (exact) mass is 280 g/mol. The molecule has 1 aliphatic heterocycles. The van der Waals surface area contributed by atoms with Gasteiger partial charge in [0.2, 0.25) is 0 Å².